The Morgan fingerprint density at radius 2 is 2.09 bits per heavy atom. The van der Waals surface area contributed by atoms with Crippen molar-refractivity contribution in [2.75, 3.05) is 32.1 Å². The molecule has 11 nitrogen and oxygen atoms in total. The number of rotatable bonds is 9. The van der Waals surface area contributed by atoms with Crippen molar-refractivity contribution >= 4 is 44.0 Å². The molecule has 1 saturated heterocycles. The fraction of sp³-hybridized carbons (Fsp3) is 0.333. The molecule has 2 amide bonds. The summed E-state index contributed by atoms with van der Waals surface area (Å²) in [5.74, 6) is -1.21. The molecule has 1 atom stereocenters. The molecule has 3 N–H and O–H groups in total. The summed E-state index contributed by atoms with van der Waals surface area (Å²) in [6.45, 7) is 0.414. The second kappa shape index (κ2) is 10.6. The van der Waals surface area contributed by atoms with E-state index in [2.05, 4.69) is 25.5 Å². The molecule has 0 saturated carbocycles. The van der Waals surface area contributed by atoms with Crippen molar-refractivity contribution in [2.45, 2.75) is 17.4 Å². The quantitative estimate of drug-likeness (QED) is 0.345. The fourth-order valence-corrected chi connectivity index (χ4v) is 4.06. The second-order valence-electron chi connectivity index (χ2n) is 6.48. The number of nitrogens with zero attached hydrogens (tertiary/aromatic N) is 2. The van der Waals surface area contributed by atoms with Gasteiger partial charge in [-0.2, -0.15) is 4.39 Å². The van der Waals surface area contributed by atoms with Gasteiger partial charge >= 0.3 is 0 Å². The van der Waals surface area contributed by atoms with E-state index >= 15 is 0 Å². The van der Waals surface area contributed by atoms with E-state index < -0.39 is 33.5 Å². The van der Waals surface area contributed by atoms with Gasteiger partial charge in [0.15, 0.2) is 22.1 Å². The number of anilines is 1. The standard InChI is InChI=1S/C18H20FN5O6S2/c1-20-15(25)9-22-32(27,28)13-4-2-11(3-5-13)16(24-30-12-6-7-29-10-12)17(26)23-18-21-8-14(19)31-18/h2-5,8,12,22H,6-7,9-10H2,1H3,(H,20,25)(H,21,23,26)/t12-/m1/s1. The number of carbonyl (C=O) groups excluding carboxylic acids is 2. The molecular formula is C18H20FN5O6S2. The first kappa shape index (κ1) is 23.7. The second-order valence-corrected chi connectivity index (χ2v) is 9.22. The maximum absolute atomic E-state index is 13.2. The van der Waals surface area contributed by atoms with Crippen molar-refractivity contribution < 1.29 is 32.0 Å². The summed E-state index contributed by atoms with van der Waals surface area (Å²) in [6, 6.07) is 5.24. The number of amides is 2. The summed E-state index contributed by atoms with van der Waals surface area (Å²) >= 11 is 0.642. The van der Waals surface area contributed by atoms with Gasteiger partial charge in [-0.3, -0.25) is 14.9 Å². The number of hydrogen-bond acceptors (Lipinski definition) is 9. The topological polar surface area (TPSA) is 148 Å². The Bertz CT molecular complexity index is 1100. The van der Waals surface area contributed by atoms with E-state index in [-0.39, 0.29) is 27.4 Å². The number of nitrogens with one attached hydrogen (secondary N) is 3. The van der Waals surface area contributed by atoms with Crippen molar-refractivity contribution in [1.29, 1.82) is 0 Å². The van der Waals surface area contributed by atoms with E-state index in [0.717, 1.165) is 6.20 Å². The molecule has 0 aliphatic carbocycles. The lowest BCUT2D eigenvalue weighted by Crippen LogP contribution is -2.35. The molecule has 0 bridgehead atoms. The number of thiazole rings is 1. The Balaban J connectivity index is 1.81. The summed E-state index contributed by atoms with van der Waals surface area (Å²) < 4.78 is 45.2. The number of aromatic nitrogens is 1. The zero-order chi connectivity index (χ0) is 23.1. The summed E-state index contributed by atoms with van der Waals surface area (Å²) in [6.07, 6.45) is 1.24. The van der Waals surface area contributed by atoms with Gasteiger partial charge < -0.3 is 14.9 Å². The molecule has 14 heteroatoms. The monoisotopic (exact) mass is 485 g/mol. The van der Waals surface area contributed by atoms with Gasteiger partial charge in [0, 0.05) is 19.0 Å². The molecule has 1 fully saturated rings. The van der Waals surface area contributed by atoms with Crippen LogP contribution in [0, 0.1) is 5.13 Å². The predicted octanol–water partition coefficient (Wildman–Crippen LogP) is 0.455. The third kappa shape index (κ3) is 6.29. The Hall–Kier alpha value is -2.94. The highest BCUT2D eigenvalue weighted by molar-refractivity contribution is 7.89. The Morgan fingerprint density at radius 3 is 2.69 bits per heavy atom. The molecule has 0 radical (unpaired) electrons. The first-order valence-corrected chi connectivity index (χ1v) is 11.6. The van der Waals surface area contributed by atoms with Crippen molar-refractivity contribution in [3.05, 3.63) is 41.2 Å². The minimum atomic E-state index is -3.95. The summed E-state index contributed by atoms with van der Waals surface area (Å²) in [4.78, 5) is 33.0. The van der Waals surface area contributed by atoms with Gasteiger partial charge in [-0.15, -0.1) is 0 Å². The summed E-state index contributed by atoms with van der Waals surface area (Å²) in [7, 11) is -2.56. The van der Waals surface area contributed by atoms with E-state index in [9.17, 15) is 22.4 Å². The van der Waals surface area contributed by atoms with E-state index in [4.69, 9.17) is 9.57 Å². The van der Waals surface area contributed by atoms with Gasteiger partial charge in [0.1, 0.15) is 0 Å². The normalized spacial score (nSPS) is 16.6. The molecule has 32 heavy (non-hydrogen) atoms. The van der Waals surface area contributed by atoms with Crippen molar-refractivity contribution in [3.8, 4) is 0 Å². The zero-order valence-corrected chi connectivity index (χ0v) is 18.5. The van der Waals surface area contributed by atoms with E-state index in [1.165, 1.54) is 31.3 Å². The highest BCUT2D eigenvalue weighted by Gasteiger charge is 2.22. The van der Waals surface area contributed by atoms with Crippen LogP contribution in [0.2, 0.25) is 0 Å². The number of benzene rings is 1. The van der Waals surface area contributed by atoms with Crippen LogP contribution in [-0.4, -0.2) is 63.8 Å². The molecule has 172 valence electrons. The van der Waals surface area contributed by atoms with Gasteiger partial charge in [0.25, 0.3) is 5.91 Å². The molecular weight excluding hydrogens is 465 g/mol. The lowest BCUT2D eigenvalue weighted by molar-refractivity contribution is -0.119. The largest absolute Gasteiger partial charge is 0.389 e. The molecule has 2 aromatic rings. The van der Waals surface area contributed by atoms with Gasteiger partial charge in [-0.05, 0) is 12.1 Å². The molecule has 1 aromatic carbocycles. The van der Waals surface area contributed by atoms with Crippen molar-refractivity contribution in [1.82, 2.24) is 15.0 Å². The number of likely N-dealkylation sites (N-methyl/N-ethyl adjacent to an activating group) is 1. The predicted molar refractivity (Wildman–Crippen MR) is 113 cm³/mol. The lowest BCUT2D eigenvalue weighted by atomic mass is 10.1. The average molecular weight is 486 g/mol. The van der Waals surface area contributed by atoms with Gasteiger partial charge in [-0.25, -0.2) is 18.1 Å². The highest BCUT2D eigenvalue weighted by Crippen LogP contribution is 2.18. The number of sulfonamides is 1. The minimum Gasteiger partial charge on any atom is -0.389 e. The van der Waals surface area contributed by atoms with Crippen molar-refractivity contribution in [3.63, 3.8) is 0 Å². The van der Waals surface area contributed by atoms with Crippen LogP contribution in [0.1, 0.15) is 12.0 Å². The average Bonchev–Trinajstić information content (AvgIpc) is 3.44. The zero-order valence-electron chi connectivity index (χ0n) is 16.8. The Kier molecular flexibility index (Phi) is 7.84. The van der Waals surface area contributed by atoms with Crippen LogP contribution >= 0.6 is 11.3 Å². The number of ether oxygens (including phenoxy) is 1. The van der Waals surface area contributed by atoms with E-state index in [0.29, 0.717) is 31.0 Å². The number of halogens is 1. The maximum Gasteiger partial charge on any atom is 0.280 e. The highest BCUT2D eigenvalue weighted by atomic mass is 32.2. The molecule has 1 aromatic heterocycles. The molecule has 2 heterocycles. The van der Waals surface area contributed by atoms with Crippen LogP contribution in [0.4, 0.5) is 9.52 Å². The minimum absolute atomic E-state index is 0.0296. The summed E-state index contributed by atoms with van der Waals surface area (Å²) in [5, 5.41) is 8.13. The van der Waals surface area contributed by atoms with Crippen LogP contribution in [-0.2, 0) is 29.2 Å². The molecule has 0 spiro atoms. The van der Waals surface area contributed by atoms with Crippen LogP contribution in [0.15, 0.2) is 40.5 Å². The van der Waals surface area contributed by atoms with E-state index in [1.807, 2.05) is 0 Å². The van der Waals surface area contributed by atoms with Crippen LogP contribution in [0.3, 0.4) is 0 Å². The maximum atomic E-state index is 13.2. The Morgan fingerprint density at radius 1 is 1.34 bits per heavy atom. The third-order valence-corrected chi connectivity index (χ3v) is 6.35. The van der Waals surface area contributed by atoms with Crippen LogP contribution in [0.5, 0.6) is 0 Å². The molecule has 0 unspecified atom stereocenters. The van der Waals surface area contributed by atoms with Gasteiger partial charge in [-0.1, -0.05) is 28.6 Å². The smallest absolute Gasteiger partial charge is 0.280 e. The fourth-order valence-electron chi connectivity index (χ4n) is 2.54. The first-order valence-electron chi connectivity index (χ1n) is 9.33. The Labute approximate surface area is 187 Å². The molecule has 1 aliphatic heterocycles. The third-order valence-electron chi connectivity index (χ3n) is 4.23. The van der Waals surface area contributed by atoms with E-state index in [1.54, 1.807) is 0 Å². The molecule has 3 rings (SSSR count). The number of carbonyl (C=O) groups is 2. The van der Waals surface area contributed by atoms with Crippen molar-refractivity contribution in [2.24, 2.45) is 5.16 Å². The lowest BCUT2D eigenvalue weighted by Gasteiger charge is -2.11. The van der Waals surface area contributed by atoms with Gasteiger partial charge in [0.05, 0.1) is 30.9 Å². The van der Waals surface area contributed by atoms with Crippen LogP contribution < -0.4 is 15.4 Å². The summed E-state index contributed by atoms with van der Waals surface area (Å²) in [5.41, 5.74) is 0.0958. The first-order chi connectivity index (χ1) is 15.3. The number of hydrogen-bond donors (Lipinski definition) is 3. The van der Waals surface area contributed by atoms with Crippen LogP contribution in [0.25, 0.3) is 0 Å². The number of oxime groups is 1. The molecule has 1 aliphatic rings. The SMILES string of the molecule is CNC(=O)CNS(=O)(=O)c1ccc(C(=NO[C@@H]2CCOC2)C(=O)Nc2ncc(F)s2)cc1. The van der Waals surface area contributed by atoms with Gasteiger partial charge in [0.2, 0.25) is 15.9 Å².